The smallest absolute Gasteiger partial charge is 0.266 e. The second kappa shape index (κ2) is 7.31. The van der Waals surface area contributed by atoms with Gasteiger partial charge in [-0.15, -0.1) is 0 Å². The Morgan fingerprint density at radius 2 is 1.33 bits per heavy atom. The van der Waals surface area contributed by atoms with Gasteiger partial charge in [0, 0.05) is 7.05 Å². The molecular formula is C22H18N2O5S. The largest absolute Gasteiger partial charge is 0.497 e. The molecule has 0 N–H and O–H groups in total. The molecule has 0 atom stereocenters. The van der Waals surface area contributed by atoms with Crippen LogP contribution >= 0.6 is 0 Å². The van der Waals surface area contributed by atoms with Gasteiger partial charge < -0.3 is 4.74 Å². The van der Waals surface area contributed by atoms with Crippen molar-refractivity contribution >= 4 is 33.2 Å². The fraction of sp³-hybridized carbons (Fsp3) is 0.0909. The molecular weight excluding hydrogens is 404 g/mol. The van der Waals surface area contributed by atoms with Crippen molar-refractivity contribution in [3.8, 4) is 5.75 Å². The first-order valence-corrected chi connectivity index (χ1v) is 10.5. The van der Waals surface area contributed by atoms with Crippen molar-refractivity contribution in [3.63, 3.8) is 0 Å². The van der Waals surface area contributed by atoms with E-state index in [1.54, 1.807) is 48.5 Å². The Bertz CT molecular complexity index is 1200. The molecule has 152 valence electrons. The topological polar surface area (TPSA) is 84.0 Å². The van der Waals surface area contributed by atoms with Gasteiger partial charge in [-0.25, -0.2) is 13.3 Å². The first-order chi connectivity index (χ1) is 14.3. The molecule has 0 saturated carbocycles. The lowest BCUT2D eigenvalue weighted by atomic mass is 10.1. The van der Waals surface area contributed by atoms with Crippen LogP contribution in [0.3, 0.4) is 0 Å². The minimum absolute atomic E-state index is 0.0428. The quantitative estimate of drug-likeness (QED) is 0.589. The minimum atomic E-state index is -3.83. The first-order valence-electron chi connectivity index (χ1n) is 9.05. The Morgan fingerprint density at radius 1 is 0.800 bits per heavy atom. The van der Waals surface area contributed by atoms with Gasteiger partial charge in [-0.05, 0) is 60.7 Å². The number of benzene rings is 3. The molecule has 3 aromatic carbocycles. The molecule has 0 bridgehead atoms. The summed E-state index contributed by atoms with van der Waals surface area (Å²) in [5.41, 5.74) is 1.45. The molecule has 0 aromatic heterocycles. The maximum absolute atomic E-state index is 13.0. The summed E-state index contributed by atoms with van der Waals surface area (Å²) in [5.74, 6) is -0.238. The highest BCUT2D eigenvalue weighted by Crippen LogP contribution is 2.30. The zero-order valence-corrected chi connectivity index (χ0v) is 17.1. The van der Waals surface area contributed by atoms with Crippen molar-refractivity contribution in [2.75, 3.05) is 23.4 Å². The third-order valence-electron chi connectivity index (χ3n) is 4.98. The molecule has 0 unspecified atom stereocenters. The number of amides is 2. The molecule has 1 heterocycles. The van der Waals surface area contributed by atoms with Crippen molar-refractivity contribution < 1.29 is 22.7 Å². The molecule has 4 rings (SSSR count). The Hall–Kier alpha value is -3.65. The lowest BCUT2D eigenvalue weighted by Crippen LogP contribution is -2.29. The monoisotopic (exact) mass is 422 g/mol. The minimum Gasteiger partial charge on any atom is -0.497 e. The van der Waals surface area contributed by atoms with E-state index in [0.29, 0.717) is 28.3 Å². The molecule has 0 spiro atoms. The van der Waals surface area contributed by atoms with Crippen molar-refractivity contribution in [1.82, 2.24) is 0 Å². The summed E-state index contributed by atoms with van der Waals surface area (Å²) in [6.07, 6.45) is 0. The normalized spacial score (nSPS) is 13.3. The second-order valence-corrected chi connectivity index (χ2v) is 8.63. The van der Waals surface area contributed by atoms with Crippen molar-refractivity contribution in [2.24, 2.45) is 0 Å². The Balaban J connectivity index is 1.62. The van der Waals surface area contributed by atoms with Crippen LogP contribution in [-0.4, -0.2) is 34.4 Å². The van der Waals surface area contributed by atoms with Gasteiger partial charge in [-0.1, -0.05) is 12.1 Å². The highest BCUT2D eigenvalue weighted by molar-refractivity contribution is 7.92. The van der Waals surface area contributed by atoms with Crippen LogP contribution in [-0.2, 0) is 10.0 Å². The number of hydrogen-bond donors (Lipinski definition) is 0. The number of ether oxygens (including phenoxy) is 1. The average molecular weight is 422 g/mol. The van der Waals surface area contributed by atoms with Crippen molar-refractivity contribution in [1.29, 1.82) is 0 Å². The van der Waals surface area contributed by atoms with Crippen LogP contribution < -0.4 is 13.9 Å². The van der Waals surface area contributed by atoms with E-state index in [9.17, 15) is 18.0 Å². The average Bonchev–Trinajstić information content (AvgIpc) is 3.03. The van der Waals surface area contributed by atoms with E-state index in [-0.39, 0.29) is 4.90 Å². The van der Waals surface area contributed by atoms with Crippen molar-refractivity contribution in [3.05, 3.63) is 83.9 Å². The molecule has 0 saturated heterocycles. The van der Waals surface area contributed by atoms with E-state index < -0.39 is 21.8 Å². The third-order valence-corrected chi connectivity index (χ3v) is 6.78. The molecule has 2 amide bonds. The van der Waals surface area contributed by atoms with Crippen LogP contribution in [0.15, 0.2) is 77.7 Å². The maximum atomic E-state index is 13.0. The summed E-state index contributed by atoms with van der Waals surface area (Å²) in [7, 11) is -0.842. The van der Waals surface area contributed by atoms with E-state index in [4.69, 9.17) is 4.74 Å². The van der Waals surface area contributed by atoms with Crippen LogP contribution in [0, 0.1) is 0 Å². The standard InChI is InChI=1S/C22H18N2O5S/c1-23(15-7-11-17(29-2)12-8-15)30(27,28)18-13-9-16(10-14-18)24-21(25)19-5-3-4-6-20(19)22(24)26/h3-14H,1-2H3. The molecule has 0 aliphatic carbocycles. The summed E-state index contributed by atoms with van der Waals surface area (Å²) in [5, 5.41) is 0. The van der Waals surface area contributed by atoms with Crippen LogP contribution in [0.1, 0.15) is 20.7 Å². The van der Waals surface area contributed by atoms with Crippen molar-refractivity contribution in [2.45, 2.75) is 4.90 Å². The van der Waals surface area contributed by atoms with Gasteiger partial charge in [-0.3, -0.25) is 13.9 Å². The lowest BCUT2D eigenvalue weighted by Gasteiger charge is -2.20. The van der Waals surface area contributed by atoms with Gasteiger partial charge >= 0.3 is 0 Å². The Labute approximate surface area is 174 Å². The molecule has 1 aliphatic rings. The van der Waals surface area contributed by atoms with E-state index in [2.05, 4.69) is 0 Å². The predicted octanol–water partition coefficient (Wildman–Crippen LogP) is 3.32. The molecule has 7 nitrogen and oxygen atoms in total. The third kappa shape index (κ3) is 3.11. The van der Waals surface area contributed by atoms with Gasteiger partial charge in [-0.2, -0.15) is 0 Å². The number of rotatable bonds is 5. The van der Waals surface area contributed by atoms with Crippen LogP contribution in [0.25, 0.3) is 0 Å². The number of carbonyl (C=O) groups excluding carboxylic acids is 2. The Kier molecular flexibility index (Phi) is 4.79. The van der Waals surface area contributed by atoms with E-state index in [0.717, 1.165) is 9.21 Å². The lowest BCUT2D eigenvalue weighted by molar-refractivity contribution is 0.0926. The number of nitrogens with zero attached hydrogens (tertiary/aromatic N) is 2. The molecule has 1 aliphatic heterocycles. The zero-order valence-electron chi connectivity index (χ0n) is 16.3. The molecule has 3 aromatic rings. The molecule has 8 heteroatoms. The second-order valence-electron chi connectivity index (χ2n) is 6.66. The number of imide groups is 1. The number of fused-ring (bicyclic) bond motifs is 1. The maximum Gasteiger partial charge on any atom is 0.266 e. The fourth-order valence-electron chi connectivity index (χ4n) is 3.28. The van der Waals surface area contributed by atoms with Crippen LogP contribution in [0.2, 0.25) is 0 Å². The summed E-state index contributed by atoms with van der Waals surface area (Å²) < 4.78 is 32.2. The fourth-order valence-corrected chi connectivity index (χ4v) is 4.48. The number of anilines is 2. The van der Waals surface area contributed by atoms with Gasteiger partial charge in [0.15, 0.2) is 0 Å². The van der Waals surface area contributed by atoms with E-state index >= 15 is 0 Å². The summed E-state index contributed by atoms with van der Waals surface area (Å²) in [6.45, 7) is 0. The highest BCUT2D eigenvalue weighted by Gasteiger charge is 2.36. The van der Waals surface area contributed by atoms with Crippen LogP contribution in [0.4, 0.5) is 11.4 Å². The molecule has 0 radical (unpaired) electrons. The summed E-state index contributed by atoms with van der Waals surface area (Å²) in [6, 6.07) is 18.9. The SMILES string of the molecule is COc1ccc(N(C)S(=O)(=O)c2ccc(N3C(=O)c4ccccc4C3=O)cc2)cc1. The van der Waals surface area contributed by atoms with Gasteiger partial charge in [0.05, 0.1) is 34.5 Å². The number of methoxy groups -OCH3 is 1. The zero-order chi connectivity index (χ0) is 21.5. The van der Waals surface area contributed by atoms with E-state index in [1.807, 2.05) is 0 Å². The van der Waals surface area contributed by atoms with Crippen LogP contribution in [0.5, 0.6) is 5.75 Å². The molecule has 0 fully saturated rings. The van der Waals surface area contributed by atoms with Gasteiger partial charge in [0.2, 0.25) is 0 Å². The number of sulfonamides is 1. The van der Waals surface area contributed by atoms with Gasteiger partial charge in [0.25, 0.3) is 21.8 Å². The van der Waals surface area contributed by atoms with E-state index in [1.165, 1.54) is 38.4 Å². The predicted molar refractivity (Wildman–Crippen MR) is 113 cm³/mol. The summed E-state index contributed by atoms with van der Waals surface area (Å²) in [4.78, 5) is 26.3. The number of carbonyl (C=O) groups is 2. The summed E-state index contributed by atoms with van der Waals surface area (Å²) >= 11 is 0. The first kappa shape index (κ1) is 19.7. The van der Waals surface area contributed by atoms with Gasteiger partial charge in [0.1, 0.15) is 5.75 Å². The number of hydrogen-bond acceptors (Lipinski definition) is 5. The molecule has 30 heavy (non-hydrogen) atoms. The Morgan fingerprint density at radius 3 is 1.83 bits per heavy atom. The highest BCUT2D eigenvalue weighted by atomic mass is 32.2.